The summed E-state index contributed by atoms with van der Waals surface area (Å²) in [4.78, 5) is 13.5. The fraction of sp³-hybridized carbons (Fsp3) is 0.348. The van der Waals surface area contributed by atoms with E-state index in [2.05, 4.69) is 13.0 Å². The molecule has 0 fully saturated rings. The van der Waals surface area contributed by atoms with Crippen LogP contribution in [0.1, 0.15) is 45.4 Å². The lowest BCUT2D eigenvalue weighted by atomic mass is 10.1. The standard InChI is InChI=1S/C23H26O2S/c1-2-3-4-5-6-10-15-26-20-14-13-19-16-21(18-11-8-7-9-12-18)23(24)25-22(19)17-20/h7-9,11-14,16-17H,2-6,10,15H2,1H3. The van der Waals surface area contributed by atoms with Crippen LogP contribution in [-0.4, -0.2) is 5.75 Å². The summed E-state index contributed by atoms with van der Waals surface area (Å²) in [6, 6.07) is 17.8. The van der Waals surface area contributed by atoms with Gasteiger partial charge in [-0.15, -0.1) is 11.8 Å². The van der Waals surface area contributed by atoms with Crippen molar-refractivity contribution in [3.05, 3.63) is 65.0 Å². The molecule has 0 aliphatic carbocycles. The van der Waals surface area contributed by atoms with Gasteiger partial charge in [0.25, 0.3) is 0 Å². The Labute approximate surface area is 159 Å². The van der Waals surface area contributed by atoms with Gasteiger partial charge < -0.3 is 4.42 Å². The minimum absolute atomic E-state index is 0.276. The van der Waals surface area contributed by atoms with Gasteiger partial charge in [0.1, 0.15) is 5.58 Å². The van der Waals surface area contributed by atoms with Crippen LogP contribution >= 0.6 is 11.8 Å². The minimum Gasteiger partial charge on any atom is -0.422 e. The van der Waals surface area contributed by atoms with Crippen molar-refractivity contribution < 1.29 is 4.42 Å². The number of fused-ring (bicyclic) bond motifs is 1. The third-order valence-electron chi connectivity index (χ3n) is 4.56. The Kier molecular flexibility index (Phi) is 6.96. The maximum absolute atomic E-state index is 12.4. The molecule has 2 nitrogen and oxygen atoms in total. The molecule has 0 radical (unpaired) electrons. The fourth-order valence-electron chi connectivity index (χ4n) is 3.07. The number of unbranched alkanes of at least 4 members (excludes halogenated alkanes) is 5. The van der Waals surface area contributed by atoms with Gasteiger partial charge in [-0.3, -0.25) is 0 Å². The topological polar surface area (TPSA) is 30.2 Å². The zero-order chi connectivity index (χ0) is 18.2. The highest BCUT2D eigenvalue weighted by Crippen LogP contribution is 2.26. The lowest BCUT2D eigenvalue weighted by Crippen LogP contribution is -2.02. The highest BCUT2D eigenvalue weighted by atomic mass is 32.2. The van der Waals surface area contributed by atoms with Crippen molar-refractivity contribution in [3.63, 3.8) is 0 Å². The van der Waals surface area contributed by atoms with Gasteiger partial charge in [0, 0.05) is 10.3 Å². The summed E-state index contributed by atoms with van der Waals surface area (Å²) in [5.41, 5.74) is 1.90. The quantitative estimate of drug-likeness (QED) is 0.234. The summed E-state index contributed by atoms with van der Waals surface area (Å²) in [5.74, 6) is 1.12. The Balaban J connectivity index is 1.65. The van der Waals surface area contributed by atoms with Crippen molar-refractivity contribution in [3.8, 4) is 11.1 Å². The average Bonchev–Trinajstić information content (AvgIpc) is 2.67. The molecule has 0 N–H and O–H groups in total. The molecular formula is C23H26O2S. The summed E-state index contributed by atoms with van der Waals surface area (Å²) in [5, 5.41) is 0.965. The van der Waals surface area contributed by atoms with Crippen molar-refractivity contribution in [2.24, 2.45) is 0 Å². The van der Waals surface area contributed by atoms with E-state index in [-0.39, 0.29) is 5.63 Å². The second-order valence-corrected chi connectivity index (χ2v) is 7.80. The van der Waals surface area contributed by atoms with Crippen LogP contribution in [-0.2, 0) is 0 Å². The Bertz CT molecular complexity index is 884. The molecule has 26 heavy (non-hydrogen) atoms. The van der Waals surface area contributed by atoms with Crippen LogP contribution in [0.4, 0.5) is 0 Å². The van der Waals surface area contributed by atoms with Crippen molar-refractivity contribution in [1.29, 1.82) is 0 Å². The van der Waals surface area contributed by atoms with Gasteiger partial charge in [-0.25, -0.2) is 4.79 Å². The number of hydrogen-bond donors (Lipinski definition) is 0. The SMILES string of the molecule is CCCCCCCCSc1ccc2cc(-c3ccccc3)c(=O)oc2c1. The Hall–Kier alpha value is -2.00. The molecule has 136 valence electrons. The normalized spacial score (nSPS) is 11.1. The van der Waals surface area contributed by atoms with Gasteiger partial charge >= 0.3 is 5.63 Å². The van der Waals surface area contributed by atoms with E-state index < -0.39 is 0 Å². The smallest absolute Gasteiger partial charge is 0.344 e. The number of thioether (sulfide) groups is 1. The fourth-order valence-corrected chi connectivity index (χ4v) is 4.01. The molecule has 3 aromatic rings. The van der Waals surface area contributed by atoms with Crippen molar-refractivity contribution in [2.45, 2.75) is 50.3 Å². The molecule has 0 amide bonds. The van der Waals surface area contributed by atoms with E-state index in [0.717, 1.165) is 16.7 Å². The summed E-state index contributed by atoms with van der Waals surface area (Å²) in [7, 11) is 0. The zero-order valence-corrected chi connectivity index (χ0v) is 16.2. The lowest BCUT2D eigenvalue weighted by molar-refractivity contribution is 0.562. The molecule has 0 saturated carbocycles. The zero-order valence-electron chi connectivity index (χ0n) is 15.4. The molecule has 3 rings (SSSR count). The highest BCUT2D eigenvalue weighted by molar-refractivity contribution is 7.99. The Morgan fingerprint density at radius 2 is 1.65 bits per heavy atom. The Morgan fingerprint density at radius 3 is 2.46 bits per heavy atom. The molecule has 0 aliphatic heterocycles. The second-order valence-electron chi connectivity index (χ2n) is 6.63. The molecule has 0 unspecified atom stereocenters. The van der Waals surface area contributed by atoms with E-state index in [1.54, 1.807) is 0 Å². The van der Waals surface area contributed by atoms with Gasteiger partial charge in [0.05, 0.1) is 5.56 Å². The minimum atomic E-state index is -0.276. The van der Waals surface area contributed by atoms with E-state index in [4.69, 9.17) is 4.42 Å². The summed E-state index contributed by atoms with van der Waals surface area (Å²) < 4.78 is 5.59. The number of rotatable bonds is 9. The maximum atomic E-state index is 12.4. The van der Waals surface area contributed by atoms with E-state index >= 15 is 0 Å². The molecule has 1 aromatic heterocycles. The van der Waals surface area contributed by atoms with Crippen molar-refractivity contribution in [1.82, 2.24) is 0 Å². The highest BCUT2D eigenvalue weighted by Gasteiger charge is 2.08. The van der Waals surface area contributed by atoms with Crippen LogP contribution in [0.5, 0.6) is 0 Å². The van der Waals surface area contributed by atoms with Gasteiger partial charge in [-0.05, 0) is 35.9 Å². The molecule has 3 heteroatoms. The van der Waals surface area contributed by atoms with Gasteiger partial charge in [-0.2, -0.15) is 0 Å². The largest absolute Gasteiger partial charge is 0.422 e. The van der Waals surface area contributed by atoms with E-state index in [1.807, 2.05) is 60.3 Å². The third kappa shape index (κ3) is 5.01. The van der Waals surface area contributed by atoms with E-state index in [1.165, 1.54) is 43.4 Å². The van der Waals surface area contributed by atoms with Crippen molar-refractivity contribution in [2.75, 3.05) is 5.75 Å². The predicted molar refractivity (Wildman–Crippen MR) is 112 cm³/mol. The summed E-state index contributed by atoms with van der Waals surface area (Å²) >= 11 is 1.84. The van der Waals surface area contributed by atoms with Gasteiger partial charge in [0.15, 0.2) is 0 Å². The Morgan fingerprint density at radius 1 is 0.885 bits per heavy atom. The second kappa shape index (κ2) is 9.63. The number of benzene rings is 2. The van der Waals surface area contributed by atoms with Crippen LogP contribution in [0.25, 0.3) is 22.1 Å². The molecule has 0 atom stereocenters. The van der Waals surface area contributed by atoms with Crippen LogP contribution in [0, 0.1) is 0 Å². The molecule has 0 aliphatic rings. The maximum Gasteiger partial charge on any atom is 0.344 e. The molecule has 0 bridgehead atoms. The number of hydrogen-bond acceptors (Lipinski definition) is 3. The predicted octanol–water partition coefficient (Wildman–Crippen LogP) is 6.91. The molecule has 2 aromatic carbocycles. The van der Waals surface area contributed by atoms with Crippen LogP contribution in [0.2, 0.25) is 0 Å². The molecule has 0 saturated heterocycles. The molecular weight excluding hydrogens is 340 g/mol. The lowest BCUT2D eigenvalue weighted by Gasteiger charge is -2.05. The first kappa shape index (κ1) is 18.8. The summed E-state index contributed by atoms with van der Waals surface area (Å²) in [6.07, 6.45) is 7.87. The van der Waals surface area contributed by atoms with E-state index in [0.29, 0.717) is 11.1 Å². The van der Waals surface area contributed by atoms with Crippen LogP contribution in [0.15, 0.2) is 68.7 Å². The summed E-state index contributed by atoms with van der Waals surface area (Å²) in [6.45, 7) is 2.25. The molecule has 1 heterocycles. The van der Waals surface area contributed by atoms with Gasteiger partial charge in [0.2, 0.25) is 0 Å². The van der Waals surface area contributed by atoms with Crippen LogP contribution in [0.3, 0.4) is 0 Å². The first-order valence-corrected chi connectivity index (χ1v) is 10.5. The third-order valence-corrected chi connectivity index (χ3v) is 5.64. The van der Waals surface area contributed by atoms with Crippen molar-refractivity contribution >= 4 is 22.7 Å². The average molecular weight is 367 g/mol. The van der Waals surface area contributed by atoms with Crippen LogP contribution < -0.4 is 5.63 Å². The first-order valence-electron chi connectivity index (χ1n) is 9.54. The molecule has 0 spiro atoms. The van der Waals surface area contributed by atoms with E-state index in [9.17, 15) is 4.79 Å². The first-order chi connectivity index (χ1) is 12.8. The monoisotopic (exact) mass is 366 g/mol. The van der Waals surface area contributed by atoms with Gasteiger partial charge in [-0.1, -0.05) is 75.4 Å².